The first-order valence-corrected chi connectivity index (χ1v) is 8.57. The second-order valence-corrected chi connectivity index (χ2v) is 7.07. The van der Waals surface area contributed by atoms with Gasteiger partial charge in [0.2, 0.25) is 0 Å². The normalized spacial score (nSPS) is 19.3. The summed E-state index contributed by atoms with van der Waals surface area (Å²) < 4.78 is 33.4. The lowest BCUT2D eigenvalue weighted by Gasteiger charge is -2.31. The van der Waals surface area contributed by atoms with Gasteiger partial charge in [-0.1, -0.05) is 0 Å². The van der Waals surface area contributed by atoms with E-state index in [2.05, 4.69) is 0 Å². The van der Waals surface area contributed by atoms with Gasteiger partial charge in [0.25, 0.3) is 5.91 Å². The van der Waals surface area contributed by atoms with Crippen LogP contribution >= 0.6 is 0 Å². The van der Waals surface area contributed by atoms with E-state index in [4.69, 9.17) is 9.47 Å². The number of hydrogen-bond donors (Lipinski definition) is 0. The second-order valence-electron chi connectivity index (χ2n) is 5.05. The molecule has 0 aliphatic carbocycles. The number of amides is 1. The lowest BCUT2D eigenvalue weighted by Crippen LogP contribution is -2.46. The Balaban J connectivity index is 1.89. The highest BCUT2D eigenvalue weighted by Crippen LogP contribution is 2.16. The summed E-state index contributed by atoms with van der Waals surface area (Å²) >= 11 is 0. The van der Waals surface area contributed by atoms with Gasteiger partial charge in [0, 0.05) is 19.3 Å². The van der Waals surface area contributed by atoms with E-state index in [1.165, 1.54) is 12.1 Å². The zero-order valence-corrected chi connectivity index (χ0v) is 12.9. The minimum absolute atomic E-state index is 0.0387. The molecule has 0 spiro atoms. The minimum atomic E-state index is -3.22. The van der Waals surface area contributed by atoms with Crippen molar-refractivity contribution in [3.8, 4) is 5.75 Å². The van der Waals surface area contributed by atoms with E-state index < -0.39 is 9.84 Å². The molecular formula is C14H19NO5S. The van der Waals surface area contributed by atoms with E-state index in [1.54, 1.807) is 17.0 Å². The fraction of sp³-hybridized carbons (Fsp3) is 0.500. The van der Waals surface area contributed by atoms with Crippen LogP contribution in [0.3, 0.4) is 0 Å². The van der Waals surface area contributed by atoms with Gasteiger partial charge in [-0.15, -0.1) is 0 Å². The van der Waals surface area contributed by atoms with Crippen LogP contribution in [0.4, 0.5) is 0 Å². The van der Waals surface area contributed by atoms with Crippen molar-refractivity contribution in [1.29, 1.82) is 0 Å². The first kappa shape index (κ1) is 15.8. The number of rotatable bonds is 4. The van der Waals surface area contributed by atoms with Gasteiger partial charge in [-0.25, -0.2) is 8.42 Å². The van der Waals surface area contributed by atoms with Gasteiger partial charge >= 0.3 is 0 Å². The fourth-order valence-electron chi connectivity index (χ4n) is 2.06. The molecule has 0 aromatic heterocycles. The van der Waals surface area contributed by atoms with Crippen molar-refractivity contribution in [1.82, 2.24) is 4.90 Å². The van der Waals surface area contributed by atoms with Gasteiger partial charge in [-0.05, 0) is 31.2 Å². The Morgan fingerprint density at radius 3 is 2.62 bits per heavy atom. The van der Waals surface area contributed by atoms with Crippen molar-refractivity contribution in [2.24, 2.45) is 0 Å². The molecule has 2 rings (SSSR count). The van der Waals surface area contributed by atoms with Gasteiger partial charge in [-0.3, -0.25) is 4.79 Å². The topological polar surface area (TPSA) is 72.9 Å². The molecule has 0 radical (unpaired) electrons. The number of benzene rings is 1. The molecular weight excluding hydrogens is 294 g/mol. The Morgan fingerprint density at radius 2 is 2.05 bits per heavy atom. The fourth-order valence-corrected chi connectivity index (χ4v) is 2.69. The molecule has 1 aliphatic rings. The SMILES string of the molecule is CC1CN(C(=O)COc2ccc(S(C)(=O)=O)cc2)CCO1. The molecule has 1 saturated heterocycles. The van der Waals surface area contributed by atoms with Crippen LogP contribution in [0.1, 0.15) is 6.92 Å². The van der Waals surface area contributed by atoms with Gasteiger partial charge in [0.1, 0.15) is 5.75 Å². The Bertz CT molecular complexity index is 596. The number of nitrogens with zero attached hydrogens (tertiary/aromatic N) is 1. The van der Waals surface area contributed by atoms with E-state index in [1.807, 2.05) is 6.92 Å². The van der Waals surface area contributed by atoms with E-state index >= 15 is 0 Å². The summed E-state index contributed by atoms with van der Waals surface area (Å²) in [6.07, 6.45) is 1.18. The quantitative estimate of drug-likeness (QED) is 0.819. The van der Waals surface area contributed by atoms with Crippen LogP contribution in [0.15, 0.2) is 29.2 Å². The van der Waals surface area contributed by atoms with Crippen LogP contribution in [-0.4, -0.2) is 57.9 Å². The summed E-state index contributed by atoms with van der Waals surface area (Å²) in [5.74, 6) is 0.370. The number of carbonyl (C=O) groups excluding carboxylic acids is 1. The van der Waals surface area contributed by atoms with Crippen molar-refractivity contribution in [2.75, 3.05) is 32.6 Å². The Hall–Kier alpha value is -1.60. The summed E-state index contributed by atoms with van der Waals surface area (Å²) in [4.78, 5) is 13.9. The summed E-state index contributed by atoms with van der Waals surface area (Å²) in [5.41, 5.74) is 0. The van der Waals surface area contributed by atoms with Gasteiger partial charge in [0.15, 0.2) is 16.4 Å². The van der Waals surface area contributed by atoms with E-state index in [0.29, 0.717) is 25.4 Å². The third-order valence-corrected chi connectivity index (χ3v) is 4.34. The smallest absolute Gasteiger partial charge is 0.260 e. The maximum absolute atomic E-state index is 12.0. The van der Waals surface area contributed by atoms with Crippen molar-refractivity contribution < 1.29 is 22.7 Å². The van der Waals surface area contributed by atoms with E-state index in [9.17, 15) is 13.2 Å². The van der Waals surface area contributed by atoms with Crippen molar-refractivity contribution in [2.45, 2.75) is 17.9 Å². The monoisotopic (exact) mass is 313 g/mol. The number of morpholine rings is 1. The van der Waals surface area contributed by atoms with Crippen molar-refractivity contribution >= 4 is 15.7 Å². The molecule has 0 bridgehead atoms. The third kappa shape index (κ3) is 4.44. The Morgan fingerprint density at radius 1 is 1.38 bits per heavy atom. The third-order valence-electron chi connectivity index (χ3n) is 3.21. The highest BCUT2D eigenvalue weighted by Gasteiger charge is 2.21. The second kappa shape index (κ2) is 6.44. The summed E-state index contributed by atoms with van der Waals surface area (Å²) in [7, 11) is -3.22. The van der Waals surface area contributed by atoms with E-state index in [-0.39, 0.29) is 23.5 Å². The molecule has 1 aliphatic heterocycles. The summed E-state index contributed by atoms with van der Waals surface area (Å²) in [5, 5.41) is 0. The lowest BCUT2D eigenvalue weighted by atomic mass is 10.3. The predicted octanol–water partition coefficient (Wildman–Crippen LogP) is 0.716. The minimum Gasteiger partial charge on any atom is -0.484 e. The zero-order chi connectivity index (χ0) is 15.5. The van der Waals surface area contributed by atoms with Crippen molar-refractivity contribution in [3.63, 3.8) is 0 Å². The van der Waals surface area contributed by atoms with Gasteiger partial charge in [-0.2, -0.15) is 0 Å². The molecule has 1 atom stereocenters. The van der Waals surface area contributed by atoms with Crippen molar-refractivity contribution in [3.05, 3.63) is 24.3 Å². The zero-order valence-electron chi connectivity index (χ0n) is 12.1. The van der Waals surface area contributed by atoms with Gasteiger partial charge in [0.05, 0.1) is 17.6 Å². The van der Waals surface area contributed by atoms with Crippen LogP contribution in [0.2, 0.25) is 0 Å². The van der Waals surface area contributed by atoms with Crippen LogP contribution < -0.4 is 4.74 Å². The van der Waals surface area contributed by atoms with Crippen LogP contribution in [0, 0.1) is 0 Å². The van der Waals surface area contributed by atoms with Crippen LogP contribution in [0.25, 0.3) is 0 Å². The first-order chi connectivity index (χ1) is 9.86. The molecule has 1 fully saturated rings. The Kier molecular flexibility index (Phi) is 4.84. The number of ether oxygens (including phenoxy) is 2. The predicted molar refractivity (Wildman–Crippen MR) is 77.0 cm³/mol. The summed E-state index contributed by atoms with van der Waals surface area (Å²) in [6, 6.07) is 6.02. The average molecular weight is 313 g/mol. The molecule has 1 aromatic carbocycles. The van der Waals surface area contributed by atoms with Gasteiger partial charge < -0.3 is 14.4 Å². The molecule has 0 saturated carbocycles. The molecule has 1 unspecified atom stereocenters. The lowest BCUT2D eigenvalue weighted by molar-refractivity contribution is -0.140. The highest BCUT2D eigenvalue weighted by molar-refractivity contribution is 7.90. The largest absolute Gasteiger partial charge is 0.484 e. The number of carbonyl (C=O) groups is 1. The maximum Gasteiger partial charge on any atom is 0.260 e. The van der Waals surface area contributed by atoms with Crippen LogP contribution in [-0.2, 0) is 19.4 Å². The number of hydrogen-bond acceptors (Lipinski definition) is 5. The molecule has 116 valence electrons. The molecule has 1 aromatic rings. The molecule has 6 nitrogen and oxygen atoms in total. The standard InChI is InChI=1S/C14H19NO5S/c1-11-9-15(7-8-19-11)14(16)10-20-12-3-5-13(6-4-12)21(2,17)18/h3-6,11H,7-10H2,1-2H3. The molecule has 1 amide bonds. The average Bonchev–Trinajstić information content (AvgIpc) is 2.44. The number of sulfone groups is 1. The molecule has 0 N–H and O–H groups in total. The maximum atomic E-state index is 12.0. The molecule has 1 heterocycles. The molecule has 7 heteroatoms. The van der Waals surface area contributed by atoms with E-state index in [0.717, 1.165) is 6.26 Å². The summed E-state index contributed by atoms with van der Waals surface area (Å²) in [6.45, 7) is 3.53. The highest BCUT2D eigenvalue weighted by atomic mass is 32.2. The van der Waals surface area contributed by atoms with Crippen LogP contribution in [0.5, 0.6) is 5.75 Å². The molecule has 21 heavy (non-hydrogen) atoms. The Labute approximate surface area is 124 Å². The first-order valence-electron chi connectivity index (χ1n) is 6.68.